The highest BCUT2D eigenvalue weighted by Gasteiger charge is 2.36. The van der Waals surface area contributed by atoms with Gasteiger partial charge in [0, 0.05) is 12.1 Å². The standard InChI is InChI=1S/C15H21N3O3/c1-15(2)8-12(13(19)17-15)9-16-18-14(20)21-10-11-6-4-3-5-7-11/h3-7,12,16H,8-10H2,1-2H3,(H,17,19)(H,18,20). The van der Waals surface area contributed by atoms with Gasteiger partial charge >= 0.3 is 6.09 Å². The van der Waals surface area contributed by atoms with Crippen LogP contribution >= 0.6 is 0 Å². The minimum absolute atomic E-state index is 0.00644. The number of amides is 2. The molecule has 1 heterocycles. The lowest BCUT2D eigenvalue weighted by Gasteiger charge is -2.16. The van der Waals surface area contributed by atoms with Crippen LogP contribution < -0.4 is 16.2 Å². The van der Waals surface area contributed by atoms with Crippen molar-refractivity contribution in [3.63, 3.8) is 0 Å². The molecule has 2 rings (SSSR count). The summed E-state index contributed by atoms with van der Waals surface area (Å²) in [5.41, 5.74) is 5.92. The molecular weight excluding hydrogens is 270 g/mol. The summed E-state index contributed by atoms with van der Waals surface area (Å²) in [5.74, 6) is -0.138. The van der Waals surface area contributed by atoms with Crippen molar-refractivity contribution >= 4 is 12.0 Å². The first-order valence-electron chi connectivity index (χ1n) is 6.98. The van der Waals surface area contributed by atoms with E-state index >= 15 is 0 Å². The fourth-order valence-corrected chi connectivity index (χ4v) is 2.37. The van der Waals surface area contributed by atoms with Crippen LogP contribution in [0.15, 0.2) is 30.3 Å². The molecule has 1 aliphatic rings. The summed E-state index contributed by atoms with van der Waals surface area (Å²) >= 11 is 0. The van der Waals surface area contributed by atoms with Crippen LogP contribution in [0.1, 0.15) is 25.8 Å². The largest absolute Gasteiger partial charge is 0.444 e. The lowest BCUT2D eigenvalue weighted by molar-refractivity contribution is -0.122. The van der Waals surface area contributed by atoms with E-state index < -0.39 is 6.09 Å². The summed E-state index contributed by atoms with van der Waals surface area (Å²) in [5, 5.41) is 2.91. The van der Waals surface area contributed by atoms with E-state index in [-0.39, 0.29) is 24.0 Å². The number of ether oxygens (including phenoxy) is 1. The number of hydrogen-bond acceptors (Lipinski definition) is 4. The van der Waals surface area contributed by atoms with E-state index in [2.05, 4.69) is 16.2 Å². The molecule has 6 heteroatoms. The van der Waals surface area contributed by atoms with Crippen LogP contribution in [-0.2, 0) is 16.1 Å². The number of nitrogens with one attached hydrogen (secondary N) is 3. The molecule has 0 bridgehead atoms. The number of rotatable bonds is 5. The van der Waals surface area contributed by atoms with Crippen molar-refractivity contribution in [1.82, 2.24) is 16.2 Å². The summed E-state index contributed by atoms with van der Waals surface area (Å²) in [7, 11) is 0. The van der Waals surface area contributed by atoms with Gasteiger partial charge in [0.1, 0.15) is 6.61 Å². The van der Waals surface area contributed by atoms with E-state index in [1.165, 1.54) is 0 Å². The molecule has 1 unspecified atom stereocenters. The molecule has 0 saturated carbocycles. The molecular formula is C15H21N3O3. The first kappa shape index (κ1) is 15.3. The first-order chi connectivity index (χ1) is 9.96. The average Bonchev–Trinajstić information content (AvgIpc) is 2.70. The summed E-state index contributed by atoms with van der Waals surface area (Å²) in [6.45, 7) is 4.56. The third-order valence-electron chi connectivity index (χ3n) is 3.34. The van der Waals surface area contributed by atoms with Crippen molar-refractivity contribution in [1.29, 1.82) is 0 Å². The van der Waals surface area contributed by atoms with Gasteiger partial charge in [-0.15, -0.1) is 0 Å². The predicted octanol–water partition coefficient (Wildman–Crippen LogP) is 1.33. The van der Waals surface area contributed by atoms with E-state index in [0.29, 0.717) is 6.54 Å². The van der Waals surface area contributed by atoms with Crippen LogP contribution in [0.4, 0.5) is 4.79 Å². The van der Waals surface area contributed by atoms with Gasteiger partial charge in [-0.1, -0.05) is 30.3 Å². The number of benzene rings is 1. The van der Waals surface area contributed by atoms with Crippen molar-refractivity contribution in [2.45, 2.75) is 32.4 Å². The predicted molar refractivity (Wildman–Crippen MR) is 78.1 cm³/mol. The molecule has 114 valence electrons. The summed E-state index contributed by atoms with van der Waals surface area (Å²) in [6.07, 6.45) is 0.177. The minimum atomic E-state index is -0.559. The second-order valence-corrected chi connectivity index (χ2v) is 5.84. The van der Waals surface area contributed by atoms with Crippen LogP contribution in [-0.4, -0.2) is 24.1 Å². The van der Waals surface area contributed by atoms with Crippen molar-refractivity contribution < 1.29 is 14.3 Å². The van der Waals surface area contributed by atoms with Crippen LogP contribution in [0.25, 0.3) is 0 Å². The highest BCUT2D eigenvalue weighted by atomic mass is 16.6. The van der Waals surface area contributed by atoms with Crippen LogP contribution in [0, 0.1) is 5.92 Å². The quantitative estimate of drug-likeness (QED) is 0.715. The van der Waals surface area contributed by atoms with Crippen molar-refractivity contribution in [2.24, 2.45) is 5.92 Å². The summed E-state index contributed by atoms with van der Waals surface area (Å²) < 4.78 is 5.05. The van der Waals surface area contributed by atoms with E-state index in [1.807, 2.05) is 44.2 Å². The molecule has 0 aliphatic carbocycles. The maximum atomic E-state index is 11.7. The monoisotopic (exact) mass is 291 g/mol. The summed E-state index contributed by atoms with van der Waals surface area (Å²) in [6, 6.07) is 9.43. The fourth-order valence-electron chi connectivity index (χ4n) is 2.37. The molecule has 0 spiro atoms. The third kappa shape index (κ3) is 4.75. The number of hydrazine groups is 1. The zero-order chi connectivity index (χ0) is 15.3. The topological polar surface area (TPSA) is 79.5 Å². The van der Waals surface area contributed by atoms with Gasteiger partial charge in [-0.05, 0) is 25.8 Å². The Labute approximate surface area is 124 Å². The molecule has 0 radical (unpaired) electrons. The molecule has 1 fully saturated rings. The molecule has 21 heavy (non-hydrogen) atoms. The van der Waals surface area contributed by atoms with Gasteiger partial charge in [0.15, 0.2) is 0 Å². The Morgan fingerprint density at radius 1 is 1.38 bits per heavy atom. The molecule has 1 aromatic rings. The fraction of sp³-hybridized carbons (Fsp3) is 0.467. The Bertz CT molecular complexity index is 502. The Morgan fingerprint density at radius 2 is 2.10 bits per heavy atom. The molecule has 1 atom stereocenters. The van der Waals surface area contributed by atoms with Crippen molar-refractivity contribution in [3.8, 4) is 0 Å². The highest BCUT2D eigenvalue weighted by molar-refractivity contribution is 5.82. The average molecular weight is 291 g/mol. The normalized spacial score (nSPS) is 19.9. The number of carbonyl (C=O) groups excluding carboxylic acids is 2. The molecule has 2 amide bonds. The van der Waals surface area contributed by atoms with Crippen molar-refractivity contribution in [2.75, 3.05) is 6.54 Å². The molecule has 6 nitrogen and oxygen atoms in total. The molecule has 0 aromatic heterocycles. The second kappa shape index (κ2) is 6.58. The SMILES string of the molecule is CC1(C)CC(CNNC(=O)OCc2ccccc2)C(=O)N1. The first-order valence-corrected chi connectivity index (χ1v) is 6.98. The lowest BCUT2D eigenvalue weighted by Crippen LogP contribution is -2.41. The molecule has 1 aromatic carbocycles. The van der Waals surface area contributed by atoms with Gasteiger partial charge in [0.05, 0.1) is 5.92 Å². The van der Waals surface area contributed by atoms with Gasteiger partial charge in [0.2, 0.25) is 5.91 Å². The van der Waals surface area contributed by atoms with Crippen LogP contribution in [0.5, 0.6) is 0 Å². The maximum Gasteiger partial charge on any atom is 0.421 e. The van der Waals surface area contributed by atoms with Gasteiger partial charge in [-0.3, -0.25) is 10.2 Å². The van der Waals surface area contributed by atoms with E-state index in [1.54, 1.807) is 0 Å². The van der Waals surface area contributed by atoms with Gasteiger partial charge in [-0.2, -0.15) is 0 Å². The van der Waals surface area contributed by atoms with Crippen LogP contribution in [0.2, 0.25) is 0 Å². The summed E-state index contributed by atoms with van der Waals surface area (Å²) in [4.78, 5) is 23.2. The zero-order valence-corrected chi connectivity index (χ0v) is 12.3. The van der Waals surface area contributed by atoms with Gasteiger partial charge in [0.25, 0.3) is 0 Å². The maximum absolute atomic E-state index is 11.7. The molecule has 3 N–H and O–H groups in total. The highest BCUT2D eigenvalue weighted by Crippen LogP contribution is 2.23. The third-order valence-corrected chi connectivity index (χ3v) is 3.34. The Kier molecular flexibility index (Phi) is 4.80. The van der Waals surface area contributed by atoms with Crippen LogP contribution in [0.3, 0.4) is 0 Å². The van der Waals surface area contributed by atoms with E-state index in [9.17, 15) is 9.59 Å². The number of hydrogen-bond donors (Lipinski definition) is 3. The smallest absolute Gasteiger partial charge is 0.421 e. The minimum Gasteiger partial charge on any atom is -0.444 e. The second-order valence-electron chi connectivity index (χ2n) is 5.84. The van der Waals surface area contributed by atoms with Gasteiger partial charge in [-0.25, -0.2) is 10.2 Å². The Morgan fingerprint density at radius 3 is 2.71 bits per heavy atom. The molecule has 1 saturated heterocycles. The zero-order valence-electron chi connectivity index (χ0n) is 12.3. The Hall–Kier alpha value is -2.08. The molecule has 1 aliphatic heterocycles. The van der Waals surface area contributed by atoms with Gasteiger partial charge < -0.3 is 10.1 Å². The lowest BCUT2D eigenvalue weighted by atomic mass is 9.97. The number of carbonyl (C=O) groups is 2. The Balaban J connectivity index is 1.65. The van der Waals surface area contributed by atoms with E-state index in [4.69, 9.17) is 4.74 Å². The van der Waals surface area contributed by atoms with Crippen molar-refractivity contribution in [3.05, 3.63) is 35.9 Å². The van der Waals surface area contributed by atoms with E-state index in [0.717, 1.165) is 12.0 Å².